The van der Waals surface area contributed by atoms with Crippen molar-refractivity contribution in [3.63, 3.8) is 0 Å². The molecule has 2 rings (SSSR count). The summed E-state index contributed by atoms with van der Waals surface area (Å²) in [5, 5.41) is 9.82. The average molecular weight is 272 g/mol. The monoisotopic (exact) mass is 272 g/mol. The molecule has 1 aromatic rings. The number of nitrogen functional groups attached to an aromatic ring is 1. The third kappa shape index (κ3) is 2.40. The summed E-state index contributed by atoms with van der Waals surface area (Å²) in [6.45, 7) is 2.94. The molecule has 0 bridgehead atoms. The van der Waals surface area contributed by atoms with Crippen molar-refractivity contribution in [3.8, 4) is 0 Å². The number of hydrogen-bond donors (Lipinski definition) is 3. The maximum atomic E-state index is 11.4. The van der Waals surface area contributed by atoms with Crippen LogP contribution in [0, 0.1) is 0 Å². The summed E-state index contributed by atoms with van der Waals surface area (Å²) in [5.74, 6) is -0.432. The highest BCUT2D eigenvalue weighted by Gasteiger charge is 2.29. The van der Waals surface area contributed by atoms with Gasteiger partial charge in [-0.15, -0.1) is 0 Å². The van der Waals surface area contributed by atoms with E-state index >= 15 is 0 Å². The van der Waals surface area contributed by atoms with E-state index in [4.69, 9.17) is 16.2 Å². The molecule has 18 heavy (non-hydrogen) atoms. The fraction of sp³-hybridized carbons (Fsp3) is 0.600. The number of carbonyl (C=O) groups is 1. The smallest absolute Gasteiger partial charge is 0.255 e. The van der Waals surface area contributed by atoms with Crippen LogP contribution in [-0.4, -0.2) is 47.3 Å². The molecule has 2 atom stereocenters. The van der Waals surface area contributed by atoms with E-state index < -0.39 is 5.91 Å². The van der Waals surface area contributed by atoms with E-state index in [2.05, 4.69) is 4.37 Å². The largest absolute Gasteiger partial charge is 0.394 e. The molecule has 1 fully saturated rings. The van der Waals surface area contributed by atoms with Crippen LogP contribution in [0.2, 0.25) is 0 Å². The van der Waals surface area contributed by atoms with Crippen LogP contribution in [0.5, 0.6) is 0 Å². The van der Waals surface area contributed by atoms with Crippen molar-refractivity contribution in [2.75, 3.05) is 30.3 Å². The lowest BCUT2D eigenvalue weighted by Gasteiger charge is -2.36. The number of hydrogen-bond acceptors (Lipinski definition) is 7. The van der Waals surface area contributed by atoms with E-state index in [1.807, 2.05) is 11.8 Å². The molecule has 2 unspecified atom stereocenters. The number of aliphatic hydroxyl groups is 1. The third-order valence-corrected chi connectivity index (χ3v) is 3.69. The first-order chi connectivity index (χ1) is 8.52. The molecule has 1 saturated heterocycles. The number of ether oxygens (including phenoxy) is 1. The van der Waals surface area contributed by atoms with Crippen LogP contribution >= 0.6 is 11.5 Å². The number of primary amides is 1. The highest BCUT2D eigenvalue weighted by molar-refractivity contribution is 7.11. The molecule has 8 heteroatoms. The normalized spacial score (nSPS) is 24.2. The topological polar surface area (TPSA) is 115 Å². The van der Waals surface area contributed by atoms with Gasteiger partial charge in [0.05, 0.1) is 18.8 Å². The van der Waals surface area contributed by atoms with Gasteiger partial charge in [0.1, 0.15) is 10.6 Å². The van der Waals surface area contributed by atoms with Crippen LogP contribution in [-0.2, 0) is 4.74 Å². The Morgan fingerprint density at radius 3 is 3.00 bits per heavy atom. The lowest BCUT2D eigenvalue weighted by atomic mass is 10.2. The van der Waals surface area contributed by atoms with E-state index in [1.54, 1.807) is 0 Å². The van der Waals surface area contributed by atoms with Gasteiger partial charge in [-0.25, -0.2) is 0 Å². The fourth-order valence-corrected chi connectivity index (χ4v) is 2.89. The Bertz CT molecular complexity index is 450. The Balaban J connectivity index is 2.28. The first-order valence-corrected chi connectivity index (χ1v) is 6.36. The average Bonchev–Trinajstić information content (AvgIpc) is 2.70. The second kappa shape index (κ2) is 5.09. The predicted molar refractivity (Wildman–Crippen MR) is 68.7 cm³/mol. The Hall–Kier alpha value is -1.38. The molecule has 0 radical (unpaired) electrons. The number of aromatic nitrogens is 1. The van der Waals surface area contributed by atoms with Crippen LogP contribution in [0.4, 0.5) is 10.8 Å². The van der Waals surface area contributed by atoms with Gasteiger partial charge in [0.2, 0.25) is 0 Å². The second-order valence-corrected chi connectivity index (χ2v) is 5.02. The highest BCUT2D eigenvalue weighted by atomic mass is 32.1. The number of nitrogens with two attached hydrogens (primary N) is 2. The highest BCUT2D eigenvalue weighted by Crippen LogP contribution is 2.32. The molecule has 1 aliphatic rings. The zero-order chi connectivity index (χ0) is 13.3. The fourth-order valence-electron chi connectivity index (χ4n) is 2.05. The third-order valence-electron chi connectivity index (χ3n) is 2.76. The van der Waals surface area contributed by atoms with Crippen molar-refractivity contribution in [3.05, 3.63) is 5.56 Å². The Kier molecular flexibility index (Phi) is 3.69. The van der Waals surface area contributed by atoms with E-state index in [-0.39, 0.29) is 30.2 Å². The minimum atomic E-state index is -0.587. The summed E-state index contributed by atoms with van der Waals surface area (Å²) >= 11 is 1.14. The minimum absolute atomic E-state index is 0.0417. The Morgan fingerprint density at radius 2 is 2.39 bits per heavy atom. The van der Waals surface area contributed by atoms with Crippen molar-refractivity contribution >= 4 is 28.3 Å². The van der Waals surface area contributed by atoms with E-state index in [9.17, 15) is 9.90 Å². The summed E-state index contributed by atoms with van der Waals surface area (Å²) in [5.41, 5.74) is 11.2. The Morgan fingerprint density at radius 1 is 1.67 bits per heavy atom. The van der Waals surface area contributed by atoms with Gasteiger partial charge >= 0.3 is 0 Å². The molecular weight excluding hydrogens is 256 g/mol. The zero-order valence-corrected chi connectivity index (χ0v) is 10.8. The van der Waals surface area contributed by atoms with Crippen LogP contribution in [0.3, 0.4) is 0 Å². The number of amides is 1. The van der Waals surface area contributed by atoms with Gasteiger partial charge in [-0.1, -0.05) is 0 Å². The maximum absolute atomic E-state index is 11.4. The Labute approximate surface area is 108 Å². The number of aliphatic hydroxyl groups excluding tert-OH is 1. The molecular formula is C10H16N4O3S. The number of rotatable bonds is 3. The van der Waals surface area contributed by atoms with Gasteiger partial charge in [-0.2, -0.15) is 4.37 Å². The van der Waals surface area contributed by atoms with Gasteiger partial charge in [0.25, 0.3) is 5.91 Å². The van der Waals surface area contributed by atoms with Gasteiger partial charge < -0.3 is 26.2 Å². The standard InChI is InChI=1S/C10H16N4O3S/c1-5-2-14(3-6(4-15)17-5)10-7(9(12)16)8(11)13-18-10/h5-6,15H,2-4H2,1H3,(H2,11,13)(H2,12,16). The van der Waals surface area contributed by atoms with E-state index in [1.165, 1.54) is 0 Å². The predicted octanol–water partition coefficient (Wildman–Crippen LogP) is -0.590. The first kappa shape index (κ1) is 13.1. The quantitative estimate of drug-likeness (QED) is 0.677. The summed E-state index contributed by atoms with van der Waals surface area (Å²) < 4.78 is 9.50. The van der Waals surface area contributed by atoms with Crippen molar-refractivity contribution in [1.82, 2.24) is 4.37 Å². The van der Waals surface area contributed by atoms with E-state index in [0.717, 1.165) is 11.5 Å². The first-order valence-electron chi connectivity index (χ1n) is 5.59. The summed E-state index contributed by atoms with van der Waals surface area (Å²) in [6, 6.07) is 0. The number of morpholine rings is 1. The maximum Gasteiger partial charge on any atom is 0.255 e. The molecule has 0 aliphatic carbocycles. The molecule has 0 spiro atoms. The lowest BCUT2D eigenvalue weighted by Crippen LogP contribution is -2.48. The zero-order valence-electron chi connectivity index (χ0n) is 10.00. The second-order valence-electron chi connectivity index (χ2n) is 4.27. The summed E-state index contributed by atoms with van der Waals surface area (Å²) in [4.78, 5) is 13.3. The molecule has 0 saturated carbocycles. The lowest BCUT2D eigenvalue weighted by molar-refractivity contribution is -0.0419. The molecule has 0 aromatic carbocycles. The molecule has 1 aliphatic heterocycles. The molecule has 2 heterocycles. The molecule has 7 nitrogen and oxygen atoms in total. The van der Waals surface area contributed by atoms with Crippen molar-refractivity contribution in [2.45, 2.75) is 19.1 Å². The minimum Gasteiger partial charge on any atom is -0.394 e. The van der Waals surface area contributed by atoms with Crippen LogP contribution in [0.1, 0.15) is 17.3 Å². The van der Waals surface area contributed by atoms with Gasteiger partial charge in [-0.3, -0.25) is 4.79 Å². The van der Waals surface area contributed by atoms with Crippen molar-refractivity contribution in [2.24, 2.45) is 5.73 Å². The van der Waals surface area contributed by atoms with Crippen molar-refractivity contribution in [1.29, 1.82) is 0 Å². The van der Waals surface area contributed by atoms with Crippen molar-refractivity contribution < 1.29 is 14.6 Å². The molecule has 1 amide bonds. The molecule has 5 N–H and O–H groups in total. The van der Waals surface area contributed by atoms with Crippen LogP contribution in [0.15, 0.2) is 0 Å². The van der Waals surface area contributed by atoms with E-state index in [0.29, 0.717) is 18.1 Å². The molecule has 100 valence electrons. The number of anilines is 2. The number of nitrogens with zero attached hydrogens (tertiary/aromatic N) is 2. The molecule has 1 aromatic heterocycles. The van der Waals surface area contributed by atoms with Gasteiger partial charge in [0, 0.05) is 13.1 Å². The summed E-state index contributed by atoms with van der Waals surface area (Å²) in [7, 11) is 0. The summed E-state index contributed by atoms with van der Waals surface area (Å²) in [6.07, 6.45) is -0.322. The van der Waals surface area contributed by atoms with Crippen LogP contribution in [0.25, 0.3) is 0 Å². The van der Waals surface area contributed by atoms with Crippen LogP contribution < -0.4 is 16.4 Å². The van der Waals surface area contributed by atoms with Gasteiger partial charge in [-0.05, 0) is 18.5 Å². The van der Waals surface area contributed by atoms with Gasteiger partial charge in [0.15, 0.2) is 5.82 Å². The SMILES string of the molecule is CC1CN(c2snc(N)c2C(N)=O)CC(CO)O1. The number of carbonyl (C=O) groups excluding carboxylic acids is 1.